The van der Waals surface area contributed by atoms with Gasteiger partial charge in [0.1, 0.15) is 22.8 Å². The van der Waals surface area contributed by atoms with Crippen molar-refractivity contribution < 1.29 is 28.5 Å². The number of methoxy groups -OCH3 is 1. The molecule has 2 aromatic carbocycles. The maximum Gasteiger partial charge on any atom is 0.193 e. The number of hydrogen-bond acceptors (Lipinski definition) is 7. The van der Waals surface area contributed by atoms with Crippen LogP contribution in [0, 0.1) is 0 Å². The van der Waals surface area contributed by atoms with Crippen molar-refractivity contribution in [2.75, 3.05) is 13.9 Å². The molecule has 0 fully saturated rings. The number of carbonyl (C=O) groups is 1. The highest BCUT2D eigenvalue weighted by molar-refractivity contribution is 5.90. The number of rotatable bonds is 3. The van der Waals surface area contributed by atoms with E-state index in [0.29, 0.717) is 33.6 Å². The van der Waals surface area contributed by atoms with Gasteiger partial charge in [0, 0.05) is 17.7 Å². The van der Waals surface area contributed by atoms with Crippen LogP contribution in [0.25, 0.3) is 22.3 Å². The van der Waals surface area contributed by atoms with Gasteiger partial charge in [0.15, 0.2) is 12.2 Å². The molecule has 7 heteroatoms. The lowest BCUT2D eigenvalue weighted by Gasteiger charge is -2.22. The van der Waals surface area contributed by atoms with Gasteiger partial charge in [0.25, 0.3) is 0 Å². The molecular formula is C19H13O7-. The Morgan fingerprint density at radius 1 is 1.19 bits per heavy atom. The summed E-state index contributed by atoms with van der Waals surface area (Å²) in [4.78, 5) is 23.8. The third-order valence-corrected chi connectivity index (χ3v) is 4.15. The predicted molar refractivity (Wildman–Crippen MR) is 89.1 cm³/mol. The van der Waals surface area contributed by atoms with Crippen LogP contribution in [0.4, 0.5) is 0 Å². The Balaban J connectivity index is 1.98. The van der Waals surface area contributed by atoms with E-state index >= 15 is 0 Å². The van der Waals surface area contributed by atoms with Crippen LogP contribution in [0.2, 0.25) is 0 Å². The molecule has 0 radical (unpaired) electrons. The second-order valence-electron chi connectivity index (χ2n) is 5.75. The van der Waals surface area contributed by atoms with Crippen molar-refractivity contribution >= 4 is 16.9 Å². The smallest absolute Gasteiger partial charge is 0.193 e. The minimum Gasteiger partial charge on any atom is -0.545 e. The highest BCUT2D eigenvalue weighted by Crippen LogP contribution is 2.37. The molecule has 7 nitrogen and oxygen atoms in total. The monoisotopic (exact) mass is 353 g/mol. The van der Waals surface area contributed by atoms with Crippen LogP contribution in [0.15, 0.2) is 45.6 Å². The quantitative estimate of drug-likeness (QED) is 0.707. The molecule has 2 heterocycles. The van der Waals surface area contributed by atoms with Gasteiger partial charge in [0.05, 0.1) is 30.6 Å². The molecule has 0 atom stereocenters. The molecule has 4 rings (SSSR count). The maximum absolute atomic E-state index is 12.5. The van der Waals surface area contributed by atoms with Gasteiger partial charge in [-0.05, 0) is 29.8 Å². The molecule has 1 aromatic heterocycles. The lowest BCUT2D eigenvalue weighted by atomic mass is 10.0. The maximum atomic E-state index is 12.5. The Kier molecular flexibility index (Phi) is 3.85. The van der Waals surface area contributed by atoms with Crippen molar-refractivity contribution in [1.29, 1.82) is 0 Å². The normalized spacial score (nSPS) is 13.1. The SMILES string of the molecule is COc1ccc2c(=O)cc(-c3cc(C(=O)[O-])cc4c3OCOC4)oc2c1. The van der Waals surface area contributed by atoms with Gasteiger partial charge in [-0.3, -0.25) is 4.79 Å². The minimum atomic E-state index is -1.34. The Hall–Kier alpha value is -3.32. The van der Waals surface area contributed by atoms with Gasteiger partial charge >= 0.3 is 0 Å². The Bertz CT molecular complexity index is 1080. The van der Waals surface area contributed by atoms with Crippen LogP contribution in [0.3, 0.4) is 0 Å². The van der Waals surface area contributed by atoms with E-state index in [-0.39, 0.29) is 30.2 Å². The molecule has 0 aliphatic carbocycles. The molecule has 0 saturated heterocycles. The van der Waals surface area contributed by atoms with Crippen LogP contribution >= 0.6 is 0 Å². The van der Waals surface area contributed by atoms with Gasteiger partial charge in [0.2, 0.25) is 0 Å². The molecule has 1 aliphatic rings. The molecule has 1 aliphatic heterocycles. The molecular weight excluding hydrogens is 340 g/mol. The fourth-order valence-electron chi connectivity index (χ4n) is 2.91. The van der Waals surface area contributed by atoms with Crippen molar-refractivity contribution in [1.82, 2.24) is 0 Å². The van der Waals surface area contributed by atoms with Crippen LogP contribution < -0.4 is 20.0 Å². The summed E-state index contributed by atoms with van der Waals surface area (Å²) in [6.07, 6.45) is 0. The number of hydrogen-bond donors (Lipinski definition) is 0. The Morgan fingerprint density at radius 3 is 2.81 bits per heavy atom. The number of carboxylic acid groups (broad SMARTS) is 1. The standard InChI is InChI=1S/C19H14O7/c1-23-12-2-3-13-15(20)7-17(26-16(13)6-12)14-5-10(19(21)22)4-11-8-24-9-25-18(11)14/h2-7H,8-9H2,1H3,(H,21,22)/p-1. The Morgan fingerprint density at radius 2 is 2.04 bits per heavy atom. The lowest BCUT2D eigenvalue weighted by Crippen LogP contribution is -2.23. The Labute approximate surface area is 147 Å². The fraction of sp³-hybridized carbons (Fsp3) is 0.158. The van der Waals surface area contributed by atoms with E-state index in [4.69, 9.17) is 18.6 Å². The van der Waals surface area contributed by atoms with Crippen LogP contribution in [0.5, 0.6) is 11.5 Å². The lowest BCUT2D eigenvalue weighted by molar-refractivity contribution is -0.255. The van der Waals surface area contributed by atoms with Crippen molar-refractivity contribution in [3.8, 4) is 22.8 Å². The largest absolute Gasteiger partial charge is 0.545 e. The first kappa shape index (κ1) is 16.2. The molecule has 0 unspecified atom stereocenters. The molecule has 0 spiro atoms. The van der Waals surface area contributed by atoms with Crippen molar-refractivity contribution in [3.05, 3.63) is 57.7 Å². The van der Waals surface area contributed by atoms with E-state index in [2.05, 4.69) is 0 Å². The van der Waals surface area contributed by atoms with E-state index in [1.54, 1.807) is 18.2 Å². The number of carbonyl (C=O) groups excluding carboxylic acids is 1. The zero-order chi connectivity index (χ0) is 18.3. The summed E-state index contributed by atoms with van der Waals surface area (Å²) in [5.41, 5.74) is 0.907. The molecule has 0 N–H and O–H groups in total. The molecule has 0 saturated carbocycles. The predicted octanol–water partition coefficient (Wildman–Crippen LogP) is 1.70. The highest BCUT2D eigenvalue weighted by Gasteiger charge is 2.20. The summed E-state index contributed by atoms with van der Waals surface area (Å²) in [6.45, 7) is 0.214. The average Bonchev–Trinajstić information content (AvgIpc) is 2.66. The summed E-state index contributed by atoms with van der Waals surface area (Å²) in [5.74, 6) is -0.193. The van der Waals surface area contributed by atoms with Gasteiger partial charge in [-0.2, -0.15) is 0 Å². The number of fused-ring (bicyclic) bond motifs is 2. The van der Waals surface area contributed by atoms with Crippen LogP contribution in [0.1, 0.15) is 15.9 Å². The average molecular weight is 353 g/mol. The zero-order valence-electron chi connectivity index (χ0n) is 13.7. The summed E-state index contributed by atoms with van der Waals surface area (Å²) in [6, 6.07) is 8.97. The topological polar surface area (TPSA) is 98.0 Å². The van der Waals surface area contributed by atoms with E-state index in [0.717, 1.165) is 0 Å². The van der Waals surface area contributed by atoms with Gasteiger partial charge in [-0.15, -0.1) is 0 Å². The van der Waals surface area contributed by atoms with E-state index in [1.807, 2.05) is 0 Å². The summed E-state index contributed by atoms with van der Waals surface area (Å²) >= 11 is 0. The summed E-state index contributed by atoms with van der Waals surface area (Å²) in [7, 11) is 1.51. The third kappa shape index (κ3) is 2.68. The first-order valence-corrected chi connectivity index (χ1v) is 7.78. The molecule has 132 valence electrons. The first-order chi connectivity index (χ1) is 12.6. The number of aromatic carboxylic acids is 1. The van der Waals surface area contributed by atoms with Gasteiger partial charge < -0.3 is 28.5 Å². The second kappa shape index (κ2) is 6.20. The molecule has 3 aromatic rings. The van der Waals surface area contributed by atoms with E-state index in [9.17, 15) is 14.7 Å². The molecule has 0 amide bonds. The van der Waals surface area contributed by atoms with Gasteiger partial charge in [-0.25, -0.2) is 0 Å². The molecule has 0 bridgehead atoms. The van der Waals surface area contributed by atoms with E-state index < -0.39 is 5.97 Å². The molecule has 26 heavy (non-hydrogen) atoms. The number of benzene rings is 2. The third-order valence-electron chi connectivity index (χ3n) is 4.15. The van der Waals surface area contributed by atoms with Crippen LogP contribution in [-0.4, -0.2) is 19.9 Å². The second-order valence-corrected chi connectivity index (χ2v) is 5.75. The summed E-state index contributed by atoms with van der Waals surface area (Å²) < 4.78 is 21.7. The van der Waals surface area contributed by atoms with Crippen LogP contribution in [-0.2, 0) is 11.3 Å². The van der Waals surface area contributed by atoms with Crippen molar-refractivity contribution in [3.63, 3.8) is 0 Å². The van der Waals surface area contributed by atoms with Gasteiger partial charge in [-0.1, -0.05) is 0 Å². The number of carboxylic acids is 1. The van der Waals surface area contributed by atoms with Crippen molar-refractivity contribution in [2.45, 2.75) is 6.61 Å². The van der Waals surface area contributed by atoms with E-state index in [1.165, 1.54) is 25.3 Å². The number of ether oxygens (including phenoxy) is 3. The minimum absolute atomic E-state index is 0.0241. The fourth-order valence-corrected chi connectivity index (χ4v) is 2.91. The first-order valence-electron chi connectivity index (χ1n) is 7.78. The summed E-state index contributed by atoms with van der Waals surface area (Å²) in [5, 5.41) is 11.7. The zero-order valence-corrected chi connectivity index (χ0v) is 13.7. The van der Waals surface area contributed by atoms with Crippen molar-refractivity contribution in [2.24, 2.45) is 0 Å². The highest BCUT2D eigenvalue weighted by atomic mass is 16.7.